The molecule has 0 saturated heterocycles. The van der Waals surface area contributed by atoms with Crippen LogP contribution in [0.15, 0.2) is 42.5 Å². The van der Waals surface area contributed by atoms with Crippen molar-refractivity contribution in [3.05, 3.63) is 53.1 Å². The van der Waals surface area contributed by atoms with Gasteiger partial charge in [0, 0.05) is 11.8 Å². The Morgan fingerprint density at radius 2 is 1.86 bits per heavy atom. The minimum atomic E-state index is -0.262. The number of amides is 1. The van der Waals surface area contributed by atoms with E-state index in [-0.39, 0.29) is 5.91 Å². The van der Waals surface area contributed by atoms with Crippen molar-refractivity contribution in [2.24, 2.45) is 0 Å². The number of nitrogens with one attached hydrogen (secondary N) is 1. The predicted molar refractivity (Wildman–Crippen MR) is 114 cm³/mol. The molecule has 0 saturated carbocycles. The van der Waals surface area contributed by atoms with E-state index in [4.69, 9.17) is 25.8 Å². The molecular formula is C22H26ClNO4. The maximum absolute atomic E-state index is 12.2. The summed E-state index contributed by atoms with van der Waals surface area (Å²) in [6, 6.07) is 10.7. The molecule has 0 unspecified atom stereocenters. The first-order valence-corrected chi connectivity index (χ1v) is 9.67. The summed E-state index contributed by atoms with van der Waals surface area (Å²) in [7, 11) is 1.54. The first kappa shape index (κ1) is 21.6. The summed E-state index contributed by atoms with van der Waals surface area (Å²) in [5.74, 6) is 1.68. The number of rotatable bonds is 10. The van der Waals surface area contributed by atoms with Gasteiger partial charge in [0.05, 0.1) is 25.3 Å². The Morgan fingerprint density at radius 3 is 2.54 bits per heavy atom. The van der Waals surface area contributed by atoms with Crippen molar-refractivity contribution in [3.63, 3.8) is 0 Å². The second kappa shape index (κ2) is 11.2. The number of unbranched alkanes of at least 4 members (excludes halogenated alkanes) is 1. The Kier molecular flexibility index (Phi) is 8.69. The van der Waals surface area contributed by atoms with Gasteiger partial charge in [0.25, 0.3) is 0 Å². The monoisotopic (exact) mass is 403 g/mol. The van der Waals surface area contributed by atoms with Crippen LogP contribution in [-0.2, 0) is 4.79 Å². The van der Waals surface area contributed by atoms with Crippen LogP contribution < -0.4 is 19.5 Å². The normalized spacial score (nSPS) is 10.7. The Balaban J connectivity index is 2.04. The van der Waals surface area contributed by atoms with Crippen LogP contribution in [0.3, 0.4) is 0 Å². The third-order valence-electron chi connectivity index (χ3n) is 3.87. The lowest BCUT2D eigenvalue weighted by Crippen LogP contribution is -2.07. The topological polar surface area (TPSA) is 56.8 Å². The molecule has 0 bridgehead atoms. The molecule has 28 heavy (non-hydrogen) atoms. The second-order valence-corrected chi connectivity index (χ2v) is 6.42. The zero-order valence-electron chi connectivity index (χ0n) is 16.5. The summed E-state index contributed by atoms with van der Waals surface area (Å²) in [5.41, 5.74) is 1.43. The van der Waals surface area contributed by atoms with Gasteiger partial charge in [-0.1, -0.05) is 31.0 Å². The fourth-order valence-corrected chi connectivity index (χ4v) is 2.70. The summed E-state index contributed by atoms with van der Waals surface area (Å²) < 4.78 is 16.5. The van der Waals surface area contributed by atoms with Gasteiger partial charge < -0.3 is 19.5 Å². The Labute approximate surface area is 171 Å². The fraction of sp³-hybridized carbons (Fsp3) is 0.318. The van der Waals surface area contributed by atoms with Crippen molar-refractivity contribution in [2.45, 2.75) is 26.7 Å². The highest BCUT2D eigenvalue weighted by Gasteiger charge is 2.07. The van der Waals surface area contributed by atoms with E-state index < -0.39 is 0 Å². The SMILES string of the molecule is CCCCOc1ccc(/C=C/C(=O)Nc2ccc(OC)c(Cl)c2)cc1OCC. The van der Waals surface area contributed by atoms with E-state index in [1.165, 1.54) is 6.08 Å². The average Bonchev–Trinajstić information content (AvgIpc) is 2.68. The maximum atomic E-state index is 12.2. The van der Waals surface area contributed by atoms with Gasteiger partial charge >= 0.3 is 0 Å². The molecular weight excluding hydrogens is 378 g/mol. The highest BCUT2D eigenvalue weighted by Crippen LogP contribution is 2.29. The highest BCUT2D eigenvalue weighted by atomic mass is 35.5. The number of halogens is 1. The molecule has 0 aliphatic rings. The second-order valence-electron chi connectivity index (χ2n) is 6.01. The van der Waals surface area contributed by atoms with Crippen molar-refractivity contribution >= 4 is 29.3 Å². The Bertz CT molecular complexity index is 820. The number of carbonyl (C=O) groups is 1. The van der Waals surface area contributed by atoms with Crippen molar-refractivity contribution < 1.29 is 19.0 Å². The summed E-state index contributed by atoms with van der Waals surface area (Å²) >= 11 is 6.07. The highest BCUT2D eigenvalue weighted by molar-refractivity contribution is 6.32. The standard InChI is InChI=1S/C22H26ClNO4/c1-4-6-13-28-20-10-7-16(14-21(20)27-5-2)8-12-22(25)24-17-9-11-19(26-3)18(23)15-17/h7-12,14-15H,4-6,13H2,1-3H3,(H,24,25)/b12-8+. The molecule has 0 spiro atoms. The van der Waals surface area contributed by atoms with Crippen molar-refractivity contribution in [3.8, 4) is 17.2 Å². The maximum Gasteiger partial charge on any atom is 0.248 e. The predicted octanol–water partition coefficient (Wildman–Crippen LogP) is 5.58. The molecule has 150 valence electrons. The van der Waals surface area contributed by atoms with E-state index in [9.17, 15) is 4.79 Å². The molecule has 0 radical (unpaired) electrons. The lowest BCUT2D eigenvalue weighted by atomic mass is 10.2. The van der Waals surface area contributed by atoms with Crippen LogP contribution in [0.25, 0.3) is 6.08 Å². The smallest absolute Gasteiger partial charge is 0.248 e. The lowest BCUT2D eigenvalue weighted by molar-refractivity contribution is -0.111. The van der Waals surface area contributed by atoms with Crippen molar-refractivity contribution in [2.75, 3.05) is 25.6 Å². The minimum absolute atomic E-state index is 0.262. The van der Waals surface area contributed by atoms with Gasteiger partial charge in [0.1, 0.15) is 5.75 Å². The van der Waals surface area contributed by atoms with Crippen LogP contribution in [0, 0.1) is 0 Å². The van der Waals surface area contributed by atoms with E-state index in [2.05, 4.69) is 12.2 Å². The quantitative estimate of drug-likeness (QED) is 0.415. The lowest BCUT2D eigenvalue weighted by Gasteiger charge is -2.12. The molecule has 0 heterocycles. The number of benzene rings is 2. The third-order valence-corrected chi connectivity index (χ3v) is 4.16. The van der Waals surface area contributed by atoms with Gasteiger partial charge in [-0.05, 0) is 55.3 Å². The van der Waals surface area contributed by atoms with E-state index >= 15 is 0 Å². The summed E-state index contributed by atoms with van der Waals surface area (Å²) in [6.07, 6.45) is 5.24. The van der Waals surface area contributed by atoms with Crippen LogP contribution in [-0.4, -0.2) is 26.2 Å². The van der Waals surface area contributed by atoms with Crippen molar-refractivity contribution in [1.29, 1.82) is 0 Å². The zero-order chi connectivity index (χ0) is 20.4. The van der Waals surface area contributed by atoms with Crippen LogP contribution in [0.2, 0.25) is 5.02 Å². The number of carbonyl (C=O) groups excluding carboxylic acids is 1. The van der Waals surface area contributed by atoms with Gasteiger partial charge in [-0.3, -0.25) is 4.79 Å². The molecule has 2 aromatic rings. The van der Waals surface area contributed by atoms with Crippen LogP contribution >= 0.6 is 11.6 Å². The van der Waals surface area contributed by atoms with E-state index in [1.54, 1.807) is 31.4 Å². The Hall–Kier alpha value is -2.66. The number of anilines is 1. The third kappa shape index (κ3) is 6.50. The van der Waals surface area contributed by atoms with Gasteiger partial charge in [-0.2, -0.15) is 0 Å². The molecule has 1 N–H and O–H groups in total. The number of ether oxygens (including phenoxy) is 3. The van der Waals surface area contributed by atoms with Crippen LogP contribution in [0.5, 0.6) is 17.2 Å². The van der Waals surface area contributed by atoms with Gasteiger partial charge in [-0.15, -0.1) is 0 Å². The number of hydrogen-bond donors (Lipinski definition) is 1. The van der Waals surface area contributed by atoms with Gasteiger partial charge in [0.15, 0.2) is 11.5 Å². The summed E-state index contributed by atoms with van der Waals surface area (Å²) in [4.78, 5) is 12.2. The number of methoxy groups -OCH3 is 1. The molecule has 5 nitrogen and oxygen atoms in total. The summed E-state index contributed by atoms with van der Waals surface area (Å²) in [5, 5.41) is 3.20. The van der Waals surface area contributed by atoms with Crippen molar-refractivity contribution in [1.82, 2.24) is 0 Å². The van der Waals surface area contributed by atoms with E-state index in [1.807, 2.05) is 25.1 Å². The Morgan fingerprint density at radius 1 is 1.07 bits per heavy atom. The molecule has 0 atom stereocenters. The van der Waals surface area contributed by atoms with E-state index in [0.29, 0.717) is 41.2 Å². The van der Waals surface area contributed by atoms with Crippen LogP contribution in [0.1, 0.15) is 32.3 Å². The molecule has 0 aliphatic heterocycles. The van der Waals surface area contributed by atoms with E-state index in [0.717, 1.165) is 18.4 Å². The molecule has 0 aromatic heterocycles. The molecule has 2 aromatic carbocycles. The molecule has 6 heteroatoms. The zero-order valence-corrected chi connectivity index (χ0v) is 17.2. The molecule has 2 rings (SSSR count). The first-order valence-electron chi connectivity index (χ1n) is 9.29. The minimum Gasteiger partial charge on any atom is -0.495 e. The molecule has 0 fully saturated rings. The number of hydrogen-bond acceptors (Lipinski definition) is 4. The van der Waals surface area contributed by atoms with Gasteiger partial charge in [0.2, 0.25) is 5.91 Å². The molecule has 0 aliphatic carbocycles. The fourth-order valence-electron chi connectivity index (χ4n) is 2.44. The van der Waals surface area contributed by atoms with Crippen LogP contribution in [0.4, 0.5) is 5.69 Å². The summed E-state index contributed by atoms with van der Waals surface area (Å²) in [6.45, 7) is 5.23. The first-order chi connectivity index (χ1) is 13.6. The molecule has 1 amide bonds. The average molecular weight is 404 g/mol. The van der Waals surface area contributed by atoms with Gasteiger partial charge in [-0.25, -0.2) is 0 Å². The largest absolute Gasteiger partial charge is 0.495 e.